The summed E-state index contributed by atoms with van der Waals surface area (Å²) < 4.78 is 12.0. The number of nitrogens with zero attached hydrogens (tertiary/aromatic N) is 3. The minimum absolute atomic E-state index is 0.0413. The average Bonchev–Trinajstić information content (AvgIpc) is 3.10. The Morgan fingerprint density at radius 3 is 2.46 bits per heavy atom. The van der Waals surface area contributed by atoms with E-state index in [1.807, 2.05) is 31.2 Å². The lowest BCUT2D eigenvalue weighted by atomic mass is 9.92. The van der Waals surface area contributed by atoms with Crippen molar-refractivity contribution >= 4 is 17.8 Å². The zero-order valence-corrected chi connectivity index (χ0v) is 20.7. The molecule has 1 aromatic carbocycles. The van der Waals surface area contributed by atoms with Crippen LogP contribution in [0.25, 0.3) is 0 Å². The van der Waals surface area contributed by atoms with Crippen molar-refractivity contribution in [3.8, 4) is 5.75 Å². The van der Waals surface area contributed by atoms with Crippen LogP contribution in [0.5, 0.6) is 5.75 Å². The van der Waals surface area contributed by atoms with Gasteiger partial charge in [0.2, 0.25) is 5.91 Å². The monoisotopic (exact) mass is 482 g/mol. The van der Waals surface area contributed by atoms with Gasteiger partial charge >= 0.3 is 5.97 Å². The van der Waals surface area contributed by atoms with Crippen LogP contribution in [0.2, 0.25) is 0 Å². The van der Waals surface area contributed by atoms with Gasteiger partial charge in [0.1, 0.15) is 17.0 Å². The first-order valence-electron chi connectivity index (χ1n) is 12.4. The lowest BCUT2D eigenvalue weighted by Gasteiger charge is -2.44. The van der Waals surface area contributed by atoms with Gasteiger partial charge in [-0.25, -0.2) is 9.78 Å². The Morgan fingerprint density at radius 1 is 1.14 bits per heavy atom. The van der Waals surface area contributed by atoms with E-state index in [4.69, 9.17) is 9.47 Å². The van der Waals surface area contributed by atoms with Crippen molar-refractivity contribution in [3.05, 3.63) is 47.5 Å². The third-order valence-electron chi connectivity index (χ3n) is 6.99. The SMILES string of the molecule is CCOc1ccc(CN2C(=O)c3c(C(=O)OC)ncn3C[C@@]2(C)C(=O)NC2CCCCCC2)cc1. The fourth-order valence-electron chi connectivity index (χ4n) is 4.99. The number of benzene rings is 1. The maximum absolute atomic E-state index is 13.8. The van der Waals surface area contributed by atoms with Crippen molar-refractivity contribution in [2.75, 3.05) is 13.7 Å². The quantitative estimate of drug-likeness (QED) is 0.480. The summed E-state index contributed by atoms with van der Waals surface area (Å²) in [5.74, 6) is -0.565. The molecule has 0 bridgehead atoms. The number of fused-ring (bicyclic) bond motifs is 1. The number of aromatic nitrogens is 2. The fourth-order valence-corrected chi connectivity index (χ4v) is 4.99. The van der Waals surface area contributed by atoms with E-state index in [1.54, 1.807) is 16.4 Å². The van der Waals surface area contributed by atoms with Crippen LogP contribution in [-0.2, 0) is 22.6 Å². The first-order chi connectivity index (χ1) is 16.9. The summed E-state index contributed by atoms with van der Waals surface area (Å²) >= 11 is 0. The molecule has 1 saturated carbocycles. The second-order valence-corrected chi connectivity index (χ2v) is 9.47. The molecule has 2 aromatic rings. The summed E-state index contributed by atoms with van der Waals surface area (Å²) in [6, 6.07) is 7.56. The zero-order valence-electron chi connectivity index (χ0n) is 20.7. The number of carbonyl (C=O) groups excluding carboxylic acids is 3. The van der Waals surface area contributed by atoms with E-state index in [0.29, 0.717) is 6.61 Å². The third kappa shape index (κ3) is 5.04. The Balaban J connectivity index is 1.67. The lowest BCUT2D eigenvalue weighted by Crippen LogP contribution is -2.64. The van der Waals surface area contributed by atoms with Crippen molar-refractivity contribution < 1.29 is 23.9 Å². The first-order valence-corrected chi connectivity index (χ1v) is 12.4. The second kappa shape index (κ2) is 10.5. The van der Waals surface area contributed by atoms with Gasteiger partial charge in [-0.2, -0.15) is 0 Å². The molecule has 9 nitrogen and oxygen atoms in total. The normalized spacial score (nSPS) is 20.7. The Morgan fingerprint density at radius 2 is 1.83 bits per heavy atom. The molecule has 1 aliphatic heterocycles. The highest BCUT2D eigenvalue weighted by Gasteiger charge is 2.49. The smallest absolute Gasteiger partial charge is 0.359 e. The largest absolute Gasteiger partial charge is 0.494 e. The van der Waals surface area contributed by atoms with Crippen molar-refractivity contribution in [3.63, 3.8) is 0 Å². The van der Waals surface area contributed by atoms with E-state index in [9.17, 15) is 14.4 Å². The van der Waals surface area contributed by atoms with Crippen LogP contribution in [0.1, 0.15) is 78.9 Å². The van der Waals surface area contributed by atoms with Crippen LogP contribution in [-0.4, -0.2) is 57.5 Å². The Bertz CT molecular complexity index is 1070. The van der Waals surface area contributed by atoms with Crippen molar-refractivity contribution in [2.24, 2.45) is 0 Å². The minimum atomic E-state index is -1.16. The van der Waals surface area contributed by atoms with Crippen LogP contribution < -0.4 is 10.1 Å². The topological polar surface area (TPSA) is 103 Å². The van der Waals surface area contributed by atoms with Crippen LogP contribution in [0.4, 0.5) is 0 Å². The molecule has 0 unspecified atom stereocenters. The molecule has 0 radical (unpaired) electrons. The number of imidazole rings is 1. The summed E-state index contributed by atoms with van der Waals surface area (Å²) in [5.41, 5.74) is -0.214. The molecule has 1 aromatic heterocycles. The van der Waals surface area contributed by atoms with Crippen LogP contribution in [0.15, 0.2) is 30.6 Å². The van der Waals surface area contributed by atoms with Gasteiger partial charge < -0.3 is 24.3 Å². The third-order valence-corrected chi connectivity index (χ3v) is 6.99. The van der Waals surface area contributed by atoms with E-state index in [-0.39, 0.29) is 36.4 Å². The Kier molecular flexibility index (Phi) is 7.42. The molecule has 1 fully saturated rings. The predicted octanol–water partition coefficient (Wildman–Crippen LogP) is 3.32. The van der Waals surface area contributed by atoms with Crippen LogP contribution in [0.3, 0.4) is 0 Å². The molecule has 0 saturated heterocycles. The number of hydrogen-bond donors (Lipinski definition) is 1. The predicted molar refractivity (Wildman–Crippen MR) is 129 cm³/mol. The van der Waals surface area contributed by atoms with Gasteiger partial charge in [-0.05, 0) is 44.4 Å². The Labute approximate surface area is 205 Å². The van der Waals surface area contributed by atoms with Gasteiger partial charge in [-0.3, -0.25) is 9.59 Å². The molecule has 9 heteroatoms. The summed E-state index contributed by atoms with van der Waals surface area (Å²) in [6.07, 6.45) is 7.86. The van der Waals surface area contributed by atoms with E-state index in [2.05, 4.69) is 10.3 Å². The standard InChI is InChI=1S/C26H34N4O5/c1-4-35-20-13-11-18(12-14-20)15-30-23(31)22-21(24(32)34-3)27-17-29(22)16-26(30,2)25(33)28-19-9-7-5-6-8-10-19/h11-14,17,19H,4-10,15-16H2,1-3H3,(H,28,33)/t26-/m0/s1. The van der Waals surface area contributed by atoms with Gasteiger partial charge in [0, 0.05) is 12.6 Å². The van der Waals surface area contributed by atoms with Crippen molar-refractivity contribution in [1.29, 1.82) is 0 Å². The summed E-state index contributed by atoms with van der Waals surface area (Å²) in [7, 11) is 1.25. The van der Waals surface area contributed by atoms with Gasteiger partial charge in [0.25, 0.3) is 5.91 Å². The van der Waals surface area contributed by atoms with Crippen LogP contribution >= 0.6 is 0 Å². The van der Waals surface area contributed by atoms with Crippen LogP contribution in [0, 0.1) is 0 Å². The molecule has 1 aliphatic carbocycles. The van der Waals surface area contributed by atoms with Crippen molar-refractivity contribution in [2.45, 2.75) is 77.0 Å². The molecular formula is C26H34N4O5. The van der Waals surface area contributed by atoms with Gasteiger partial charge in [0.05, 0.1) is 26.6 Å². The number of methoxy groups -OCH3 is 1. The minimum Gasteiger partial charge on any atom is -0.494 e. The van der Waals surface area contributed by atoms with E-state index in [1.165, 1.54) is 26.3 Å². The molecule has 2 amide bonds. The molecule has 1 atom stereocenters. The van der Waals surface area contributed by atoms with Crippen molar-refractivity contribution in [1.82, 2.24) is 19.8 Å². The molecule has 4 rings (SSSR count). The molecule has 188 valence electrons. The zero-order chi connectivity index (χ0) is 25.0. The number of hydrogen-bond acceptors (Lipinski definition) is 6. The summed E-state index contributed by atoms with van der Waals surface area (Å²) in [5, 5.41) is 3.22. The van der Waals surface area contributed by atoms with E-state index < -0.39 is 17.4 Å². The highest BCUT2D eigenvalue weighted by Crippen LogP contribution is 2.32. The molecule has 1 N–H and O–H groups in total. The summed E-state index contributed by atoms with van der Waals surface area (Å²) in [6.45, 7) is 4.65. The summed E-state index contributed by atoms with van der Waals surface area (Å²) in [4.78, 5) is 45.5. The van der Waals surface area contributed by atoms with E-state index >= 15 is 0 Å². The molecule has 0 spiro atoms. The number of carbonyl (C=O) groups is 3. The molecule has 35 heavy (non-hydrogen) atoms. The van der Waals surface area contributed by atoms with E-state index in [0.717, 1.165) is 37.0 Å². The highest BCUT2D eigenvalue weighted by molar-refractivity contribution is 6.06. The molecular weight excluding hydrogens is 448 g/mol. The lowest BCUT2D eigenvalue weighted by molar-refractivity contribution is -0.134. The molecule has 2 heterocycles. The number of ether oxygens (including phenoxy) is 2. The Hall–Kier alpha value is -3.36. The van der Waals surface area contributed by atoms with Gasteiger partial charge in [0.15, 0.2) is 5.69 Å². The fraction of sp³-hybridized carbons (Fsp3) is 0.538. The number of esters is 1. The maximum atomic E-state index is 13.8. The maximum Gasteiger partial charge on any atom is 0.359 e. The number of nitrogens with one attached hydrogen (secondary N) is 1. The number of rotatable bonds is 7. The highest BCUT2D eigenvalue weighted by atomic mass is 16.5. The second-order valence-electron chi connectivity index (χ2n) is 9.47. The first kappa shape index (κ1) is 24.8. The number of amides is 2. The average molecular weight is 483 g/mol. The van der Waals surface area contributed by atoms with Gasteiger partial charge in [-0.15, -0.1) is 0 Å². The molecule has 2 aliphatic rings. The van der Waals surface area contributed by atoms with Gasteiger partial charge in [-0.1, -0.05) is 37.8 Å².